The fourth-order valence-electron chi connectivity index (χ4n) is 1.91. The van der Waals surface area contributed by atoms with E-state index < -0.39 is 0 Å². The number of hydrogen-bond donors (Lipinski definition) is 2. The van der Waals surface area contributed by atoms with Crippen LogP contribution in [-0.2, 0) is 11.2 Å². The molecule has 3 heteroatoms. The zero-order valence-corrected chi connectivity index (χ0v) is 11.1. The summed E-state index contributed by atoms with van der Waals surface area (Å²) in [5, 5.41) is 0. The van der Waals surface area contributed by atoms with Gasteiger partial charge in [0.25, 0.3) is 0 Å². The fourth-order valence-corrected chi connectivity index (χ4v) is 1.91. The van der Waals surface area contributed by atoms with Gasteiger partial charge in [0, 0.05) is 13.2 Å². The van der Waals surface area contributed by atoms with Crippen LogP contribution in [-0.4, -0.2) is 18.8 Å². The molecule has 96 valence electrons. The van der Waals surface area contributed by atoms with E-state index in [0.717, 1.165) is 19.3 Å². The monoisotopic (exact) mass is 236 g/mol. The molecule has 1 aromatic carbocycles. The Labute approximate surface area is 104 Å². The fraction of sp³-hybridized carbons (Fsp3) is 0.571. The molecule has 0 aliphatic carbocycles. The van der Waals surface area contributed by atoms with Gasteiger partial charge in [0.2, 0.25) is 0 Å². The third-order valence-electron chi connectivity index (χ3n) is 3.15. The Hall–Kier alpha value is -0.900. The molecule has 0 spiro atoms. The molecule has 3 N–H and O–H groups in total. The summed E-state index contributed by atoms with van der Waals surface area (Å²) < 4.78 is 5.43. The highest BCUT2D eigenvalue weighted by Gasteiger charge is 2.21. The quantitative estimate of drug-likeness (QED) is 0.564. The number of aryl methyl sites for hydroxylation is 1. The molecule has 0 aliphatic rings. The van der Waals surface area contributed by atoms with Crippen LogP contribution in [0.5, 0.6) is 0 Å². The first-order valence-electron chi connectivity index (χ1n) is 6.12. The number of nitrogens with two attached hydrogens (primary N) is 1. The number of hydrazine groups is 1. The standard InChI is InChI=1S/C14H24N2O/c1-14(2,17-3)11-13(16-15)10-9-12-7-5-4-6-8-12/h4-8,13,16H,9-11,15H2,1-3H3. The Kier molecular flexibility index (Phi) is 5.62. The van der Waals surface area contributed by atoms with E-state index in [-0.39, 0.29) is 11.6 Å². The van der Waals surface area contributed by atoms with Crippen LogP contribution in [0, 0.1) is 0 Å². The zero-order valence-electron chi connectivity index (χ0n) is 11.1. The maximum Gasteiger partial charge on any atom is 0.0638 e. The van der Waals surface area contributed by atoms with Gasteiger partial charge in [0.15, 0.2) is 0 Å². The third kappa shape index (κ3) is 5.31. The van der Waals surface area contributed by atoms with Crippen LogP contribution in [0.1, 0.15) is 32.3 Å². The predicted octanol–water partition coefficient (Wildman–Crippen LogP) is 2.27. The first kappa shape index (κ1) is 14.2. The highest BCUT2D eigenvalue weighted by molar-refractivity contribution is 5.14. The number of benzene rings is 1. The topological polar surface area (TPSA) is 47.3 Å². The molecule has 1 unspecified atom stereocenters. The molecule has 0 bridgehead atoms. The van der Waals surface area contributed by atoms with Gasteiger partial charge in [-0.25, -0.2) is 0 Å². The van der Waals surface area contributed by atoms with Crippen molar-refractivity contribution in [3.05, 3.63) is 35.9 Å². The molecule has 0 radical (unpaired) electrons. The lowest BCUT2D eigenvalue weighted by atomic mass is 9.94. The molecule has 0 saturated heterocycles. The average Bonchev–Trinajstić information content (AvgIpc) is 2.35. The van der Waals surface area contributed by atoms with E-state index >= 15 is 0 Å². The van der Waals surface area contributed by atoms with E-state index in [1.54, 1.807) is 7.11 Å². The van der Waals surface area contributed by atoms with Crippen molar-refractivity contribution < 1.29 is 4.74 Å². The Balaban J connectivity index is 2.43. The van der Waals surface area contributed by atoms with Gasteiger partial charge in [-0.3, -0.25) is 11.3 Å². The largest absolute Gasteiger partial charge is 0.379 e. The SMILES string of the molecule is COC(C)(C)CC(CCc1ccccc1)NN. The predicted molar refractivity (Wildman–Crippen MR) is 71.6 cm³/mol. The van der Waals surface area contributed by atoms with Crippen molar-refractivity contribution in [2.24, 2.45) is 5.84 Å². The molecule has 3 nitrogen and oxygen atoms in total. The molecule has 0 aromatic heterocycles. The smallest absolute Gasteiger partial charge is 0.0638 e. The van der Waals surface area contributed by atoms with Crippen LogP contribution in [0.25, 0.3) is 0 Å². The van der Waals surface area contributed by atoms with Crippen molar-refractivity contribution in [2.75, 3.05) is 7.11 Å². The van der Waals surface area contributed by atoms with Gasteiger partial charge in [0.05, 0.1) is 5.60 Å². The molecule has 0 heterocycles. The number of ether oxygens (including phenoxy) is 1. The van der Waals surface area contributed by atoms with Crippen molar-refractivity contribution in [2.45, 2.75) is 44.8 Å². The van der Waals surface area contributed by atoms with E-state index in [1.807, 2.05) is 6.07 Å². The van der Waals surface area contributed by atoms with Crippen LogP contribution in [0.4, 0.5) is 0 Å². The Morgan fingerprint density at radius 1 is 1.29 bits per heavy atom. The highest BCUT2D eigenvalue weighted by atomic mass is 16.5. The third-order valence-corrected chi connectivity index (χ3v) is 3.15. The molecule has 0 fully saturated rings. The molecular weight excluding hydrogens is 212 g/mol. The van der Waals surface area contributed by atoms with Crippen molar-refractivity contribution >= 4 is 0 Å². The lowest BCUT2D eigenvalue weighted by Crippen LogP contribution is -2.41. The lowest BCUT2D eigenvalue weighted by Gasteiger charge is -2.28. The summed E-state index contributed by atoms with van der Waals surface area (Å²) in [7, 11) is 1.74. The van der Waals surface area contributed by atoms with Crippen LogP contribution < -0.4 is 11.3 Å². The molecule has 1 rings (SSSR count). The second-order valence-electron chi connectivity index (χ2n) is 5.06. The summed E-state index contributed by atoms with van der Waals surface area (Å²) in [5.41, 5.74) is 4.10. The van der Waals surface area contributed by atoms with Crippen molar-refractivity contribution in [3.63, 3.8) is 0 Å². The van der Waals surface area contributed by atoms with Gasteiger partial charge in [-0.15, -0.1) is 0 Å². The Morgan fingerprint density at radius 2 is 1.94 bits per heavy atom. The Morgan fingerprint density at radius 3 is 2.47 bits per heavy atom. The second kappa shape index (κ2) is 6.74. The van der Waals surface area contributed by atoms with Crippen LogP contribution in [0.2, 0.25) is 0 Å². The summed E-state index contributed by atoms with van der Waals surface area (Å²) in [4.78, 5) is 0. The summed E-state index contributed by atoms with van der Waals surface area (Å²) in [6.45, 7) is 4.17. The molecule has 17 heavy (non-hydrogen) atoms. The minimum atomic E-state index is -0.131. The van der Waals surface area contributed by atoms with Crippen molar-refractivity contribution in [1.82, 2.24) is 5.43 Å². The van der Waals surface area contributed by atoms with Gasteiger partial charge in [-0.05, 0) is 38.7 Å². The Bertz CT molecular complexity index is 311. The van der Waals surface area contributed by atoms with E-state index in [1.165, 1.54) is 5.56 Å². The van der Waals surface area contributed by atoms with Crippen molar-refractivity contribution in [1.29, 1.82) is 0 Å². The van der Waals surface area contributed by atoms with Crippen LogP contribution in [0.15, 0.2) is 30.3 Å². The average molecular weight is 236 g/mol. The number of nitrogens with one attached hydrogen (secondary N) is 1. The van der Waals surface area contributed by atoms with E-state index in [0.29, 0.717) is 0 Å². The minimum absolute atomic E-state index is 0.131. The maximum atomic E-state index is 5.59. The number of methoxy groups -OCH3 is 1. The normalized spacial score (nSPS) is 13.6. The van der Waals surface area contributed by atoms with Gasteiger partial charge >= 0.3 is 0 Å². The van der Waals surface area contributed by atoms with E-state index in [2.05, 4.69) is 43.5 Å². The molecule has 0 saturated carbocycles. The van der Waals surface area contributed by atoms with Gasteiger partial charge in [0.1, 0.15) is 0 Å². The first-order chi connectivity index (χ1) is 8.07. The van der Waals surface area contributed by atoms with Crippen LogP contribution in [0.3, 0.4) is 0 Å². The summed E-state index contributed by atoms with van der Waals surface area (Å²) in [6.07, 6.45) is 2.97. The molecule has 0 amide bonds. The van der Waals surface area contributed by atoms with Gasteiger partial charge in [-0.2, -0.15) is 0 Å². The van der Waals surface area contributed by atoms with E-state index in [4.69, 9.17) is 10.6 Å². The van der Waals surface area contributed by atoms with Gasteiger partial charge < -0.3 is 4.74 Å². The lowest BCUT2D eigenvalue weighted by molar-refractivity contribution is 0.00639. The second-order valence-corrected chi connectivity index (χ2v) is 5.06. The molecule has 1 atom stereocenters. The number of hydrogen-bond acceptors (Lipinski definition) is 3. The first-order valence-corrected chi connectivity index (χ1v) is 6.12. The highest BCUT2D eigenvalue weighted by Crippen LogP contribution is 2.18. The van der Waals surface area contributed by atoms with E-state index in [9.17, 15) is 0 Å². The maximum absolute atomic E-state index is 5.59. The zero-order chi connectivity index (χ0) is 12.7. The van der Waals surface area contributed by atoms with Gasteiger partial charge in [-0.1, -0.05) is 30.3 Å². The summed E-state index contributed by atoms with van der Waals surface area (Å²) >= 11 is 0. The summed E-state index contributed by atoms with van der Waals surface area (Å²) in [6, 6.07) is 10.8. The minimum Gasteiger partial charge on any atom is -0.379 e. The number of rotatable bonds is 7. The molecule has 1 aromatic rings. The molecule has 0 aliphatic heterocycles. The van der Waals surface area contributed by atoms with Crippen LogP contribution >= 0.6 is 0 Å². The summed E-state index contributed by atoms with van der Waals surface area (Å²) in [5.74, 6) is 5.59. The van der Waals surface area contributed by atoms with Crippen molar-refractivity contribution in [3.8, 4) is 0 Å². The molecular formula is C14H24N2O.